The molecule has 0 N–H and O–H groups in total. The van der Waals surface area contributed by atoms with Crippen molar-refractivity contribution in [2.75, 3.05) is 12.4 Å². The second-order valence-electron chi connectivity index (χ2n) is 8.05. The van der Waals surface area contributed by atoms with Crippen LogP contribution in [0, 0.1) is 20.8 Å². The number of carbonyl (C=O) groups is 3. The van der Waals surface area contributed by atoms with Crippen molar-refractivity contribution in [3.8, 4) is 0 Å². The van der Waals surface area contributed by atoms with E-state index in [1.165, 1.54) is 0 Å². The molecule has 4 rings (SSSR count). The first kappa shape index (κ1) is 20.7. The summed E-state index contributed by atoms with van der Waals surface area (Å²) < 4.78 is 5.42. The van der Waals surface area contributed by atoms with E-state index in [1.54, 1.807) is 16.7 Å². The Morgan fingerprint density at radius 1 is 1.13 bits per heavy atom. The van der Waals surface area contributed by atoms with Crippen molar-refractivity contribution < 1.29 is 19.1 Å². The fraction of sp³-hybridized carbons (Fsp3) is 0.375. The largest absolute Gasteiger partial charge is 0.456 e. The molecule has 0 unspecified atom stereocenters. The van der Waals surface area contributed by atoms with Crippen LogP contribution in [0.3, 0.4) is 0 Å². The second-order valence-corrected chi connectivity index (χ2v) is 9.34. The highest BCUT2D eigenvalue weighted by Gasteiger charge is 2.57. The van der Waals surface area contributed by atoms with Crippen LogP contribution >= 0.6 is 11.8 Å². The van der Waals surface area contributed by atoms with Crippen molar-refractivity contribution in [1.82, 2.24) is 4.90 Å². The standard InChI is InChI=1S/C24H25NO4S/c1-15-11-16(2)22(17(3)12-15)20(26)13-29-23(28)19-14-30-24(10-9-21(27)25(19)24)18-7-5-4-6-8-18/h4-8,11-12,19H,9-10,13-14H2,1-3H3/t19-,24+/m1/s1. The fourth-order valence-corrected chi connectivity index (χ4v) is 6.38. The minimum absolute atomic E-state index is 0.0395. The van der Waals surface area contributed by atoms with Gasteiger partial charge in [-0.15, -0.1) is 11.8 Å². The van der Waals surface area contributed by atoms with Crippen LogP contribution < -0.4 is 0 Å². The molecule has 2 aromatic rings. The summed E-state index contributed by atoms with van der Waals surface area (Å²) in [6.07, 6.45) is 1.08. The van der Waals surface area contributed by atoms with Gasteiger partial charge in [-0.3, -0.25) is 9.59 Å². The Hall–Kier alpha value is -2.60. The Morgan fingerprint density at radius 3 is 2.47 bits per heavy atom. The van der Waals surface area contributed by atoms with Crippen molar-refractivity contribution in [3.63, 3.8) is 0 Å². The number of amides is 1. The van der Waals surface area contributed by atoms with Gasteiger partial charge in [0, 0.05) is 17.7 Å². The third-order valence-corrected chi connectivity index (χ3v) is 7.52. The molecule has 6 heteroatoms. The van der Waals surface area contributed by atoms with E-state index in [9.17, 15) is 14.4 Å². The molecule has 0 saturated carbocycles. The summed E-state index contributed by atoms with van der Waals surface area (Å²) in [6, 6.07) is 13.1. The summed E-state index contributed by atoms with van der Waals surface area (Å²) in [4.78, 5) is 39.4. The molecule has 0 radical (unpaired) electrons. The number of aryl methyl sites for hydroxylation is 3. The number of nitrogens with zero attached hydrogens (tertiary/aromatic N) is 1. The van der Waals surface area contributed by atoms with Gasteiger partial charge in [0.05, 0.1) is 0 Å². The van der Waals surface area contributed by atoms with Crippen LogP contribution in [-0.4, -0.2) is 41.0 Å². The lowest BCUT2D eigenvalue weighted by atomic mass is 9.97. The van der Waals surface area contributed by atoms with Crippen LogP contribution in [0.4, 0.5) is 0 Å². The molecular weight excluding hydrogens is 398 g/mol. The van der Waals surface area contributed by atoms with Crippen molar-refractivity contribution in [3.05, 3.63) is 70.3 Å². The summed E-state index contributed by atoms with van der Waals surface area (Å²) >= 11 is 1.61. The van der Waals surface area contributed by atoms with E-state index < -0.39 is 16.9 Å². The average Bonchev–Trinajstić information content (AvgIpc) is 3.25. The zero-order valence-corrected chi connectivity index (χ0v) is 18.3. The monoisotopic (exact) mass is 423 g/mol. The topological polar surface area (TPSA) is 63.7 Å². The number of esters is 1. The quantitative estimate of drug-likeness (QED) is 0.539. The first-order chi connectivity index (χ1) is 14.3. The fourth-order valence-electron chi connectivity index (χ4n) is 4.74. The van der Waals surface area contributed by atoms with Gasteiger partial charge >= 0.3 is 5.97 Å². The number of benzene rings is 2. The molecule has 5 nitrogen and oxygen atoms in total. The number of thioether (sulfide) groups is 1. The van der Waals surface area contributed by atoms with Gasteiger partial charge in [0.1, 0.15) is 10.9 Å². The van der Waals surface area contributed by atoms with Crippen molar-refractivity contribution in [2.45, 2.75) is 44.5 Å². The predicted molar refractivity (Wildman–Crippen MR) is 116 cm³/mol. The molecule has 2 heterocycles. The third-order valence-electron chi connectivity index (χ3n) is 5.93. The maximum absolute atomic E-state index is 12.9. The van der Waals surface area contributed by atoms with Crippen LogP contribution in [0.2, 0.25) is 0 Å². The summed E-state index contributed by atoms with van der Waals surface area (Å²) in [5, 5.41) is 0. The first-order valence-corrected chi connectivity index (χ1v) is 11.1. The van der Waals surface area contributed by atoms with Gasteiger partial charge < -0.3 is 9.64 Å². The maximum Gasteiger partial charge on any atom is 0.330 e. The number of ketones is 1. The lowest BCUT2D eigenvalue weighted by Gasteiger charge is -2.33. The molecule has 156 valence electrons. The normalized spacial score (nSPS) is 22.8. The number of fused-ring (bicyclic) bond motifs is 1. The number of ether oxygens (including phenoxy) is 1. The number of hydrogen-bond acceptors (Lipinski definition) is 5. The van der Waals surface area contributed by atoms with Gasteiger partial charge in [-0.05, 0) is 43.9 Å². The molecule has 2 aromatic carbocycles. The van der Waals surface area contributed by atoms with Crippen LogP contribution in [-0.2, 0) is 19.2 Å². The summed E-state index contributed by atoms with van der Waals surface area (Å²) in [7, 11) is 0. The molecule has 0 aliphatic carbocycles. The number of carbonyl (C=O) groups excluding carboxylic acids is 3. The van der Waals surface area contributed by atoms with E-state index >= 15 is 0 Å². The van der Waals surface area contributed by atoms with Gasteiger partial charge in [0.2, 0.25) is 11.7 Å². The van der Waals surface area contributed by atoms with Crippen molar-refractivity contribution in [1.29, 1.82) is 0 Å². The molecule has 0 aromatic heterocycles. The van der Waals surface area contributed by atoms with Gasteiger partial charge in [0.15, 0.2) is 6.61 Å². The van der Waals surface area contributed by atoms with Gasteiger partial charge in [0.25, 0.3) is 0 Å². The molecule has 0 bridgehead atoms. The molecule has 2 atom stereocenters. The summed E-state index contributed by atoms with van der Waals surface area (Å²) in [5.41, 5.74) is 4.47. The van der Waals surface area contributed by atoms with E-state index in [4.69, 9.17) is 4.74 Å². The number of hydrogen-bond donors (Lipinski definition) is 0. The van der Waals surface area contributed by atoms with E-state index in [0.717, 1.165) is 22.3 Å². The minimum Gasteiger partial charge on any atom is -0.456 e. The Labute approximate surface area is 180 Å². The highest BCUT2D eigenvalue weighted by molar-refractivity contribution is 8.00. The Kier molecular flexibility index (Phi) is 5.45. The number of Topliss-reactive ketones (excluding diaryl/α,β-unsaturated/α-hetero) is 1. The zero-order valence-electron chi connectivity index (χ0n) is 17.4. The highest BCUT2D eigenvalue weighted by atomic mass is 32.2. The lowest BCUT2D eigenvalue weighted by molar-refractivity contribution is -0.152. The van der Waals surface area contributed by atoms with E-state index in [-0.39, 0.29) is 18.3 Å². The first-order valence-electron chi connectivity index (χ1n) is 10.1. The zero-order chi connectivity index (χ0) is 21.5. The molecular formula is C24H25NO4S. The molecule has 0 spiro atoms. The highest BCUT2D eigenvalue weighted by Crippen LogP contribution is 2.54. The lowest BCUT2D eigenvalue weighted by Crippen LogP contribution is -2.47. The maximum atomic E-state index is 12.9. The van der Waals surface area contributed by atoms with Crippen LogP contribution in [0.25, 0.3) is 0 Å². The SMILES string of the molecule is Cc1cc(C)c(C(=O)COC(=O)[C@H]2CS[C@]3(c4ccccc4)CCC(=O)N23)c(C)c1. The van der Waals surface area contributed by atoms with Gasteiger partial charge in [-0.1, -0.05) is 48.0 Å². The Bertz CT molecular complexity index is 996. The molecule has 30 heavy (non-hydrogen) atoms. The smallest absolute Gasteiger partial charge is 0.330 e. The molecule has 2 aliphatic heterocycles. The van der Waals surface area contributed by atoms with Crippen LogP contribution in [0.5, 0.6) is 0 Å². The average molecular weight is 424 g/mol. The van der Waals surface area contributed by atoms with Crippen molar-refractivity contribution >= 4 is 29.4 Å². The molecule has 2 aliphatic rings. The van der Waals surface area contributed by atoms with E-state index in [1.807, 2.05) is 63.2 Å². The van der Waals surface area contributed by atoms with E-state index in [2.05, 4.69) is 0 Å². The third kappa shape index (κ3) is 3.43. The van der Waals surface area contributed by atoms with Crippen LogP contribution in [0.15, 0.2) is 42.5 Å². The molecule has 2 saturated heterocycles. The van der Waals surface area contributed by atoms with Crippen LogP contribution in [0.1, 0.15) is 45.5 Å². The molecule has 1 amide bonds. The Morgan fingerprint density at radius 2 is 1.80 bits per heavy atom. The minimum atomic E-state index is -0.668. The van der Waals surface area contributed by atoms with Gasteiger partial charge in [-0.25, -0.2) is 4.79 Å². The number of rotatable bonds is 5. The Balaban J connectivity index is 1.50. The summed E-state index contributed by atoms with van der Waals surface area (Å²) in [6.45, 7) is 5.45. The van der Waals surface area contributed by atoms with Crippen molar-refractivity contribution in [2.24, 2.45) is 0 Å². The summed E-state index contributed by atoms with van der Waals surface area (Å²) in [5.74, 6) is -0.296. The van der Waals surface area contributed by atoms with E-state index in [0.29, 0.717) is 24.2 Å². The van der Waals surface area contributed by atoms with Gasteiger partial charge in [-0.2, -0.15) is 0 Å². The second kappa shape index (κ2) is 7.91. The predicted octanol–water partition coefficient (Wildman–Crippen LogP) is 3.93. The molecule has 2 fully saturated rings.